The summed E-state index contributed by atoms with van der Waals surface area (Å²) in [5, 5.41) is 19.2. The molecule has 1 aliphatic heterocycles. The number of aliphatic imine (C=N–C) groups is 1. The van der Waals surface area contributed by atoms with Gasteiger partial charge in [-0.25, -0.2) is 9.59 Å². The number of fused-ring (bicyclic) bond motifs is 5. The Balaban J connectivity index is 2.00. The van der Waals surface area contributed by atoms with Crippen LogP contribution in [0.1, 0.15) is 54.6 Å². The average molecular weight is 406 g/mol. The molecule has 0 bridgehead atoms. The Morgan fingerprint density at radius 1 is 1.17 bits per heavy atom. The van der Waals surface area contributed by atoms with Gasteiger partial charge in [0.15, 0.2) is 0 Å². The Hall–Kier alpha value is -3.15. The molecule has 156 valence electrons. The third-order valence-corrected chi connectivity index (χ3v) is 6.01. The Morgan fingerprint density at radius 3 is 2.63 bits per heavy atom. The van der Waals surface area contributed by atoms with Crippen LogP contribution in [0.25, 0.3) is 16.8 Å². The number of hydrogen-bond donors (Lipinski definition) is 2. The maximum absolute atomic E-state index is 12.1. The zero-order chi connectivity index (χ0) is 21.4. The molecule has 6 heteroatoms. The third-order valence-electron chi connectivity index (χ3n) is 6.01. The first-order valence-electron chi connectivity index (χ1n) is 10.5. The number of unbranched alkanes of at least 4 members (excludes halogenated alkanes) is 1. The third kappa shape index (κ3) is 3.47. The van der Waals surface area contributed by atoms with Crippen molar-refractivity contribution >= 4 is 23.2 Å². The maximum Gasteiger partial charge on any atom is 0.336 e. The summed E-state index contributed by atoms with van der Waals surface area (Å²) >= 11 is 0. The lowest BCUT2D eigenvalue weighted by atomic mass is 9.82. The van der Waals surface area contributed by atoms with Crippen molar-refractivity contribution < 1.29 is 19.8 Å². The molecule has 0 fully saturated rings. The highest BCUT2D eigenvalue weighted by Gasteiger charge is 2.30. The van der Waals surface area contributed by atoms with Gasteiger partial charge in [-0.15, -0.1) is 0 Å². The molecule has 0 radical (unpaired) electrons. The number of carbonyl (C=O) groups is 2. The van der Waals surface area contributed by atoms with Crippen molar-refractivity contribution in [3.8, 4) is 11.3 Å². The number of aromatic nitrogens is 1. The number of nitrogens with zero attached hydrogens (tertiary/aromatic N) is 2. The molecular weight excluding hydrogens is 380 g/mol. The molecule has 6 nitrogen and oxygen atoms in total. The van der Waals surface area contributed by atoms with E-state index >= 15 is 0 Å². The molecule has 0 saturated heterocycles. The van der Waals surface area contributed by atoms with Gasteiger partial charge in [0.2, 0.25) is 0 Å². The van der Waals surface area contributed by atoms with E-state index in [1.165, 1.54) is 5.56 Å². The van der Waals surface area contributed by atoms with Crippen LogP contribution in [0.4, 0.5) is 0 Å². The fourth-order valence-corrected chi connectivity index (χ4v) is 4.65. The zero-order valence-electron chi connectivity index (χ0n) is 17.4. The van der Waals surface area contributed by atoms with Gasteiger partial charge in [0.1, 0.15) is 0 Å². The minimum absolute atomic E-state index is 0.165. The van der Waals surface area contributed by atoms with Crippen LogP contribution in [0.15, 0.2) is 29.3 Å². The number of carboxylic acid groups (broad SMARTS) is 2. The lowest BCUT2D eigenvalue weighted by molar-refractivity contribution is -0.133. The van der Waals surface area contributed by atoms with Crippen molar-refractivity contribution in [3.05, 3.63) is 52.2 Å². The minimum atomic E-state index is -1.25. The van der Waals surface area contributed by atoms with Gasteiger partial charge in [-0.1, -0.05) is 25.5 Å². The second-order valence-electron chi connectivity index (χ2n) is 8.00. The topological polar surface area (TPSA) is 91.9 Å². The Kier molecular flexibility index (Phi) is 5.33. The molecule has 0 saturated carbocycles. The number of aryl methyl sites for hydroxylation is 3. The molecule has 1 aromatic heterocycles. The van der Waals surface area contributed by atoms with E-state index in [0.717, 1.165) is 78.5 Å². The second kappa shape index (κ2) is 7.94. The molecule has 0 atom stereocenters. The highest BCUT2D eigenvalue weighted by Crippen LogP contribution is 2.42. The van der Waals surface area contributed by atoms with Crippen molar-refractivity contribution in [3.63, 3.8) is 0 Å². The second-order valence-corrected chi connectivity index (χ2v) is 8.00. The van der Waals surface area contributed by atoms with E-state index in [4.69, 9.17) is 0 Å². The molecule has 2 aliphatic rings. The number of rotatable bonds is 6. The van der Waals surface area contributed by atoms with Crippen LogP contribution in [0, 0.1) is 0 Å². The number of benzene rings is 1. The largest absolute Gasteiger partial charge is 0.478 e. The highest BCUT2D eigenvalue weighted by molar-refractivity contribution is 6.21. The van der Waals surface area contributed by atoms with Crippen LogP contribution in [0.2, 0.25) is 0 Å². The van der Waals surface area contributed by atoms with Crippen LogP contribution < -0.4 is 0 Å². The minimum Gasteiger partial charge on any atom is -0.478 e. The normalized spacial score (nSPS) is 15.1. The summed E-state index contributed by atoms with van der Waals surface area (Å²) in [7, 11) is 0. The van der Waals surface area contributed by atoms with E-state index in [9.17, 15) is 19.8 Å². The molecule has 0 amide bonds. The molecule has 1 aliphatic carbocycles. The van der Waals surface area contributed by atoms with Crippen LogP contribution in [0.5, 0.6) is 0 Å². The van der Waals surface area contributed by atoms with Gasteiger partial charge in [-0.3, -0.25) is 4.99 Å². The van der Waals surface area contributed by atoms with Crippen LogP contribution in [-0.4, -0.2) is 39.0 Å². The summed E-state index contributed by atoms with van der Waals surface area (Å²) in [6, 6.07) is 6.23. The molecule has 2 heterocycles. The Labute approximate surface area is 175 Å². The van der Waals surface area contributed by atoms with Gasteiger partial charge in [0.05, 0.1) is 29.2 Å². The number of carboxylic acids is 2. The summed E-state index contributed by atoms with van der Waals surface area (Å²) in [6.07, 6.45) is 5.42. The number of aliphatic carboxylic acids is 2. The van der Waals surface area contributed by atoms with Gasteiger partial charge < -0.3 is 14.8 Å². The molecule has 4 rings (SSSR count). The van der Waals surface area contributed by atoms with Crippen molar-refractivity contribution in [2.24, 2.45) is 4.99 Å². The van der Waals surface area contributed by atoms with Crippen molar-refractivity contribution in [1.82, 2.24) is 4.57 Å². The predicted octanol–water partition coefficient (Wildman–Crippen LogP) is 3.97. The van der Waals surface area contributed by atoms with Gasteiger partial charge in [-0.05, 0) is 60.9 Å². The zero-order valence-corrected chi connectivity index (χ0v) is 17.4. The molecule has 2 aromatic rings. The first-order valence-corrected chi connectivity index (χ1v) is 10.5. The van der Waals surface area contributed by atoms with Crippen LogP contribution in [0.3, 0.4) is 0 Å². The highest BCUT2D eigenvalue weighted by atomic mass is 16.4. The van der Waals surface area contributed by atoms with E-state index in [1.807, 2.05) is 13.0 Å². The molecule has 1 aromatic carbocycles. The number of hydrogen-bond acceptors (Lipinski definition) is 3. The fourth-order valence-electron chi connectivity index (χ4n) is 4.65. The summed E-state index contributed by atoms with van der Waals surface area (Å²) < 4.78 is 2.23. The van der Waals surface area contributed by atoms with E-state index in [2.05, 4.69) is 28.6 Å². The standard InChI is InChI=1S/C24H26N2O4/c1-3-4-5-15-10-16-6-7-17-12-20-14(2)25-8-9-26(20)23(17)22(16)18(11-15)19(24(29)30)13-21(27)28/h10-13H,3-9H2,1-2H3,(H,27,28)(H,29,30). The predicted molar refractivity (Wildman–Crippen MR) is 116 cm³/mol. The molecule has 0 spiro atoms. The molecule has 30 heavy (non-hydrogen) atoms. The van der Waals surface area contributed by atoms with E-state index in [0.29, 0.717) is 12.1 Å². The maximum atomic E-state index is 12.1. The molecule has 2 N–H and O–H groups in total. The van der Waals surface area contributed by atoms with Crippen LogP contribution >= 0.6 is 0 Å². The van der Waals surface area contributed by atoms with E-state index in [-0.39, 0.29) is 5.57 Å². The Bertz CT molecular complexity index is 1100. The molecular formula is C24H26N2O4. The van der Waals surface area contributed by atoms with E-state index in [1.54, 1.807) is 0 Å². The fraction of sp³-hybridized carbons (Fsp3) is 0.375. The summed E-state index contributed by atoms with van der Waals surface area (Å²) in [4.78, 5) is 28.1. The van der Waals surface area contributed by atoms with Gasteiger partial charge >= 0.3 is 11.9 Å². The average Bonchev–Trinajstić information content (AvgIpc) is 3.10. The summed E-state index contributed by atoms with van der Waals surface area (Å²) in [5.41, 5.74) is 7.63. The lowest BCUT2D eigenvalue weighted by Gasteiger charge is -2.25. The first kappa shape index (κ1) is 20.1. The van der Waals surface area contributed by atoms with Gasteiger partial charge in [0.25, 0.3) is 0 Å². The van der Waals surface area contributed by atoms with Gasteiger partial charge in [-0.2, -0.15) is 0 Å². The Morgan fingerprint density at radius 2 is 1.93 bits per heavy atom. The van der Waals surface area contributed by atoms with E-state index < -0.39 is 11.9 Å². The van der Waals surface area contributed by atoms with Crippen molar-refractivity contribution in [2.75, 3.05) is 6.54 Å². The van der Waals surface area contributed by atoms with Gasteiger partial charge in [0, 0.05) is 18.2 Å². The SMILES string of the molecule is CCCCc1cc2c(c(C(=CC(=O)O)C(=O)O)c1)-c1c(cc3n1CCN=C3C)CC2. The quantitative estimate of drug-likeness (QED) is 0.710. The summed E-state index contributed by atoms with van der Waals surface area (Å²) in [6.45, 7) is 5.55. The van der Waals surface area contributed by atoms with Crippen LogP contribution in [-0.2, 0) is 35.4 Å². The summed E-state index contributed by atoms with van der Waals surface area (Å²) in [5.74, 6) is -2.47. The lowest BCUT2D eigenvalue weighted by Crippen LogP contribution is -2.19. The smallest absolute Gasteiger partial charge is 0.336 e. The van der Waals surface area contributed by atoms with Crippen molar-refractivity contribution in [1.29, 1.82) is 0 Å². The monoisotopic (exact) mass is 406 g/mol. The van der Waals surface area contributed by atoms with Crippen molar-refractivity contribution in [2.45, 2.75) is 52.5 Å². The first-order chi connectivity index (χ1) is 14.4. The molecule has 0 unspecified atom stereocenters.